The monoisotopic (exact) mass is 252 g/mol. The molecule has 4 N–H and O–H groups in total. The summed E-state index contributed by atoms with van der Waals surface area (Å²) in [6, 6.07) is 0. The maximum absolute atomic E-state index is 5.62. The molecule has 1 unspecified atom stereocenters. The highest BCUT2D eigenvalue weighted by Crippen LogP contribution is 2.17. The molecular formula is C10H16N6S. The molecule has 2 aromatic heterocycles. The van der Waals surface area contributed by atoms with Crippen LogP contribution in [-0.4, -0.2) is 38.0 Å². The van der Waals surface area contributed by atoms with Gasteiger partial charge in [0, 0.05) is 11.8 Å². The Labute approximate surface area is 104 Å². The first-order valence-corrected chi connectivity index (χ1v) is 6.72. The zero-order valence-electron chi connectivity index (χ0n) is 9.90. The quantitative estimate of drug-likeness (QED) is 0.746. The third-order valence-corrected chi connectivity index (χ3v) is 3.59. The van der Waals surface area contributed by atoms with Crippen LogP contribution in [0, 0.1) is 0 Å². The first-order valence-electron chi connectivity index (χ1n) is 5.44. The number of fused-ring (bicyclic) bond motifs is 1. The fourth-order valence-corrected chi connectivity index (χ4v) is 1.84. The summed E-state index contributed by atoms with van der Waals surface area (Å²) in [5, 5.41) is 3.89. The number of rotatable bonds is 5. The fourth-order valence-electron chi connectivity index (χ4n) is 1.49. The molecular weight excluding hydrogens is 236 g/mol. The van der Waals surface area contributed by atoms with Crippen LogP contribution < -0.4 is 11.1 Å². The average molecular weight is 252 g/mol. The van der Waals surface area contributed by atoms with E-state index in [1.165, 1.54) is 0 Å². The second-order valence-electron chi connectivity index (χ2n) is 3.79. The first kappa shape index (κ1) is 12.0. The largest absolute Gasteiger partial charge is 0.368 e. The lowest BCUT2D eigenvalue weighted by atomic mass is 10.3. The number of nitrogens with one attached hydrogen (secondary N) is 2. The van der Waals surface area contributed by atoms with E-state index in [2.05, 4.69) is 38.4 Å². The molecule has 0 fully saturated rings. The molecule has 0 aliphatic carbocycles. The van der Waals surface area contributed by atoms with Crippen LogP contribution in [0.1, 0.15) is 13.3 Å². The van der Waals surface area contributed by atoms with Crippen molar-refractivity contribution in [3.8, 4) is 0 Å². The summed E-state index contributed by atoms with van der Waals surface area (Å²) >= 11 is 1.85. The number of hydrogen-bond acceptors (Lipinski definition) is 6. The number of imidazole rings is 1. The van der Waals surface area contributed by atoms with E-state index in [0.717, 1.165) is 24.3 Å². The van der Waals surface area contributed by atoms with Gasteiger partial charge in [0.1, 0.15) is 5.52 Å². The van der Waals surface area contributed by atoms with Crippen LogP contribution in [0.15, 0.2) is 6.33 Å². The zero-order valence-corrected chi connectivity index (χ0v) is 10.7. The van der Waals surface area contributed by atoms with Gasteiger partial charge in [0.2, 0.25) is 5.95 Å². The van der Waals surface area contributed by atoms with Gasteiger partial charge >= 0.3 is 0 Å². The van der Waals surface area contributed by atoms with Gasteiger partial charge in [-0.25, -0.2) is 4.98 Å². The average Bonchev–Trinajstić information content (AvgIpc) is 2.76. The van der Waals surface area contributed by atoms with Gasteiger partial charge in [0.25, 0.3) is 0 Å². The van der Waals surface area contributed by atoms with Crippen LogP contribution in [-0.2, 0) is 0 Å². The van der Waals surface area contributed by atoms with E-state index in [9.17, 15) is 0 Å². The van der Waals surface area contributed by atoms with Crippen LogP contribution in [0.3, 0.4) is 0 Å². The molecule has 6 nitrogen and oxygen atoms in total. The van der Waals surface area contributed by atoms with E-state index in [-0.39, 0.29) is 5.95 Å². The minimum Gasteiger partial charge on any atom is -0.368 e. The van der Waals surface area contributed by atoms with Crippen molar-refractivity contribution in [3.05, 3.63) is 6.33 Å². The Morgan fingerprint density at radius 3 is 3.12 bits per heavy atom. The molecule has 0 spiro atoms. The SMILES string of the molecule is CSC(C)CCNc1nc(N)nc2nc[nH]c12. The van der Waals surface area contributed by atoms with Gasteiger partial charge < -0.3 is 16.0 Å². The Kier molecular flexibility index (Phi) is 3.68. The summed E-state index contributed by atoms with van der Waals surface area (Å²) in [4.78, 5) is 15.3. The van der Waals surface area contributed by atoms with Crippen molar-refractivity contribution in [1.29, 1.82) is 0 Å². The highest BCUT2D eigenvalue weighted by Gasteiger charge is 2.08. The van der Waals surface area contributed by atoms with E-state index in [4.69, 9.17) is 5.73 Å². The van der Waals surface area contributed by atoms with Crippen LogP contribution >= 0.6 is 11.8 Å². The highest BCUT2D eigenvalue weighted by molar-refractivity contribution is 7.99. The van der Waals surface area contributed by atoms with Crippen molar-refractivity contribution in [1.82, 2.24) is 19.9 Å². The number of nitrogen functional groups attached to an aromatic ring is 1. The Morgan fingerprint density at radius 1 is 1.53 bits per heavy atom. The molecule has 2 aromatic rings. The van der Waals surface area contributed by atoms with Crippen molar-refractivity contribution < 1.29 is 0 Å². The minimum absolute atomic E-state index is 0.241. The maximum atomic E-state index is 5.62. The Hall–Kier alpha value is -1.50. The van der Waals surface area contributed by atoms with Crippen molar-refractivity contribution >= 4 is 34.7 Å². The first-order chi connectivity index (χ1) is 8.20. The zero-order chi connectivity index (χ0) is 12.3. The van der Waals surface area contributed by atoms with Gasteiger partial charge in [-0.1, -0.05) is 6.92 Å². The molecule has 0 aliphatic rings. The number of nitrogens with two attached hydrogens (primary N) is 1. The number of aromatic nitrogens is 4. The predicted molar refractivity (Wildman–Crippen MR) is 72.2 cm³/mol. The van der Waals surface area contributed by atoms with Crippen LogP contribution in [0.5, 0.6) is 0 Å². The summed E-state index contributed by atoms with van der Waals surface area (Å²) in [7, 11) is 0. The molecule has 0 aromatic carbocycles. The molecule has 17 heavy (non-hydrogen) atoms. The number of nitrogens with zero attached hydrogens (tertiary/aromatic N) is 3. The molecule has 0 radical (unpaired) electrons. The topological polar surface area (TPSA) is 92.5 Å². The van der Waals surface area contributed by atoms with E-state index in [1.807, 2.05) is 11.8 Å². The van der Waals surface area contributed by atoms with E-state index >= 15 is 0 Å². The lowest BCUT2D eigenvalue weighted by molar-refractivity contribution is 0.850. The number of hydrogen-bond donors (Lipinski definition) is 3. The fraction of sp³-hybridized carbons (Fsp3) is 0.500. The van der Waals surface area contributed by atoms with Gasteiger partial charge in [-0.3, -0.25) is 0 Å². The summed E-state index contributed by atoms with van der Waals surface area (Å²) in [5.74, 6) is 0.961. The Morgan fingerprint density at radius 2 is 2.35 bits per heavy atom. The molecule has 2 rings (SSSR count). The molecule has 2 heterocycles. The molecule has 0 saturated carbocycles. The lowest BCUT2D eigenvalue weighted by Gasteiger charge is -2.10. The van der Waals surface area contributed by atoms with Crippen LogP contribution in [0.25, 0.3) is 11.2 Å². The van der Waals surface area contributed by atoms with E-state index in [0.29, 0.717) is 10.9 Å². The van der Waals surface area contributed by atoms with Gasteiger partial charge in [-0.05, 0) is 12.7 Å². The molecule has 0 bridgehead atoms. The number of aromatic amines is 1. The van der Waals surface area contributed by atoms with Crippen LogP contribution in [0.2, 0.25) is 0 Å². The van der Waals surface area contributed by atoms with E-state index in [1.54, 1.807) is 6.33 Å². The molecule has 92 valence electrons. The van der Waals surface area contributed by atoms with Crippen molar-refractivity contribution in [2.45, 2.75) is 18.6 Å². The number of H-pyrrole nitrogens is 1. The van der Waals surface area contributed by atoms with Gasteiger partial charge in [0.15, 0.2) is 11.5 Å². The second-order valence-corrected chi connectivity index (χ2v) is 5.07. The van der Waals surface area contributed by atoms with Crippen molar-refractivity contribution in [3.63, 3.8) is 0 Å². The van der Waals surface area contributed by atoms with Gasteiger partial charge in [-0.2, -0.15) is 21.7 Å². The molecule has 0 saturated heterocycles. The summed E-state index contributed by atoms with van der Waals surface area (Å²) < 4.78 is 0. The predicted octanol–water partition coefficient (Wildman–Crippen LogP) is 1.49. The second kappa shape index (κ2) is 5.22. The van der Waals surface area contributed by atoms with E-state index < -0.39 is 0 Å². The van der Waals surface area contributed by atoms with Crippen LogP contribution in [0.4, 0.5) is 11.8 Å². The summed E-state index contributed by atoms with van der Waals surface area (Å²) in [6.07, 6.45) is 4.77. The Bertz CT molecular complexity index is 497. The van der Waals surface area contributed by atoms with Crippen molar-refractivity contribution in [2.75, 3.05) is 23.9 Å². The highest BCUT2D eigenvalue weighted by atomic mass is 32.2. The molecule has 7 heteroatoms. The number of anilines is 2. The van der Waals surface area contributed by atoms with Gasteiger partial charge in [-0.15, -0.1) is 0 Å². The third-order valence-electron chi connectivity index (χ3n) is 2.55. The third kappa shape index (κ3) is 2.79. The standard InChI is InChI=1S/C10H16N6S/c1-6(17-2)3-4-12-8-7-9(14-5-13-7)16-10(11)15-8/h5-6H,3-4H2,1-2H3,(H4,11,12,13,14,15,16). The summed E-state index contributed by atoms with van der Waals surface area (Å²) in [6.45, 7) is 3.05. The lowest BCUT2D eigenvalue weighted by Crippen LogP contribution is -2.10. The number of thioether (sulfide) groups is 1. The van der Waals surface area contributed by atoms with Crippen molar-refractivity contribution in [2.24, 2.45) is 0 Å². The molecule has 1 atom stereocenters. The maximum Gasteiger partial charge on any atom is 0.224 e. The molecule has 0 amide bonds. The molecule has 0 aliphatic heterocycles. The summed E-state index contributed by atoms with van der Waals surface area (Å²) in [5.41, 5.74) is 7.02. The smallest absolute Gasteiger partial charge is 0.224 e. The minimum atomic E-state index is 0.241. The normalized spacial score (nSPS) is 12.8. The Balaban J connectivity index is 2.09. The van der Waals surface area contributed by atoms with Gasteiger partial charge in [0.05, 0.1) is 6.33 Å².